The topological polar surface area (TPSA) is 87.3 Å². The van der Waals surface area contributed by atoms with Crippen molar-refractivity contribution in [3.8, 4) is 0 Å². The summed E-state index contributed by atoms with van der Waals surface area (Å²) in [5.74, 6) is -0.895. The monoisotopic (exact) mass is 477 g/mol. The van der Waals surface area contributed by atoms with Crippen LogP contribution >= 0.6 is 0 Å². The van der Waals surface area contributed by atoms with E-state index in [4.69, 9.17) is 0 Å². The predicted octanol–water partition coefficient (Wildman–Crippen LogP) is 6.37. The zero-order chi connectivity index (χ0) is 25.7. The van der Waals surface area contributed by atoms with Gasteiger partial charge in [0.15, 0.2) is 0 Å². The van der Waals surface area contributed by atoms with Gasteiger partial charge in [-0.25, -0.2) is 0 Å². The van der Waals surface area contributed by atoms with Crippen molar-refractivity contribution in [3.05, 3.63) is 124 Å². The van der Waals surface area contributed by atoms with E-state index in [1.165, 1.54) is 0 Å². The Morgan fingerprint density at radius 2 is 0.639 bits per heavy atom. The number of nitrogens with one attached hydrogen (secondary N) is 3. The molecule has 0 fully saturated rings. The number of amides is 3. The lowest BCUT2D eigenvalue weighted by atomic mass is 10.1. The van der Waals surface area contributed by atoms with Crippen molar-refractivity contribution in [2.24, 2.45) is 0 Å². The normalized spacial score (nSPS) is 10.4. The minimum absolute atomic E-state index is 0.298. The largest absolute Gasteiger partial charge is 0.322 e. The van der Waals surface area contributed by atoms with E-state index in [9.17, 15) is 14.4 Å². The molecule has 0 aliphatic carbocycles. The van der Waals surface area contributed by atoms with Gasteiger partial charge < -0.3 is 16.0 Å². The minimum atomic E-state index is -0.298. The van der Waals surface area contributed by atoms with Gasteiger partial charge >= 0.3 is 0 Å². The Balaban J connectivity index is 1.61. The van der Waals surface area contributed by atoms with E-state index in [1.807, 2.05) is 57.2 Å². The van der Waals surface area contributed by atoms with Gasteiger partial charge in [-0.1, -0.05) is 53.1 Å². The molecule has 6 heteroatoms. The minimum Gasteiger partial charge on any atom is -0.322 e. The molecule has 0 saturated carbocycles. The molecule has 0 bridgehead atoms. The van der Waals surface area contributed by atoms with Crippen LogP contribution in [0.1, 0.15) is 47.8 Å². The highest BCUT2D eigenvalue weighted by molar-refractivity contribution is 6.08. The number of carbonyl (C=O) groups is 3. The van der Waals surface area contributed by atoms with Crippen molar-refractivity contribution >= 4 is 34.8 Å². The van der Waals surface area contributed by atoms with Crippen molar-refractivity contribution in [3.63, 3.8) is 0 Å². The SMILES string of the molecule is Cc1ccc(C(=O)Nc2cc(NC(=O)c3ccc(C)cc3)cc(NC(=O)c3ccc(C)cc3)c2)cc1. The molecule has 4 rings (SSSR count). The molecule has 3 amide bonds. The molecule has 0 aliphatic rings. The van der Waals surface area contributed by atoms with Crippen LogP contribution in [0.25, 0.3) is 0 Å². The summed E-state index contributed by atoms with van der Waals surface area (Å²) in [6, 6.07) is 26.6. The molecule has 0 radical (unpaired) electrons. The van der Waals surface area contributed by atoms with Crippen molar-refractivity contribution in [1.29, 1.82) is 0 Å². The molecular weight excluding hydrogens is 450 g/mol. The average molecular weight is 478 g/mol. The van der Waals surface area contributed by atoms with Crippen LogP contribution in [0.3, 0.4) is 0 Å². The number of benzene rings is 4. The summed E-state index contributed by atoms with van der Waals surface area (Å²) in [6.45, 7) is 5.85. The van der Waals surface area contributed by atoms with Gasteiger partial charge in [-0.3, -0.25) is 14.4 Å². The molecule has 6 nitrogen and oxygen atoms in total. The van der Waals surface area contributed by atoms with E-state index in [2.05, 4.69) is 16.0 Å². The van der Waals surface area contributed by atoms with E-state index in [0.29, 0.717) is 33.8 Å². The van der Waals surface area contributed by atoms with Gasteiger partial charge in [0.2, 0.25) is 0 Å². The van der Waals surface area contributed by atoms with Crippen LogP contribution in [0.5, 0.6) is 0 Å². The van der Waals surface area contributed by atoms with E-state index in [1.54, 1.807) is 54.6 Å². The van der Waals surface area contributed by atoms with Gasteiger partial charge in [0.1, 0.15) is 0 Å². The Kier molecular flexibility index (Phi) is 7.25. The van der Waals surface area contributed by atoms with Crippen molar-refractivity contribution in [2.75, 3.05) is 16.0 Å². The fourth-order valence-corrected chi connectivity index (χ4v) is 3.57. The summed E-state index contributed by atoms with van der Waals surface area (Å²) in [5, 5.41) is 8.57. The number of hydrogen-bond acceptors (Lipinski definition) is 3. The summed E-state index contributed by atoms with van der Waals surface area (Å²) < 4.78 is 0. The standard InChI is InChI=1S/C30H27N3O3/c1-19-4-10-22(11-5-19)28(34)31-25-16-26(32-29(35)23-12-6-20(2)7-13-23)18-27(17-25)33-30(36)24-14-8-21(3)9-15-24/h4-18H,1-3H3,(H,31,34)(H,32,35)(H,33,36). The summed E-state index contributed by atoms with van der Waals surface area (Å²) in [7, 11) is 0. The van der Waals surface area contributed by atoms with Crippen LogP contribution in [-0.4, -0.2) is 17.7 Å². The lowest BCUT2D eigenvalue weighted by Crippen LogP contribution is -2.16. The summed E-state index contributed by atoms with van der Waals surface area (Å²) in [6.07, 6.45) is 0. The Morgan fingerprint density at radius 1 is 0.417 bits per heavy atom. The van der Waals surface area contributed by atoms with Crippen molar-refractivity contribution in [2.45, 2.75) is 20.8 Å². The van der Waals surface area contributed by atoms with Gasteiger partial charge in [0.05, 0.1) is 0 Å². The van der Waals surface area contributed by atoms with E-state index in [0.717, 1.165) is 16.7 Å². The predicted molar refractivity (Wildman–Crippen MR) is 144 cm³/mol. The summed E-state index contributed by atoms with van der Waals surface area (Å²) in [4.78, 5) is 38.4. The molecule has 4 aromatic carbocycles. The summed E-state index contributed by atoms with van der Waals surface area (Å²) in [5.41, 5.74) is 5.94. The molecule has 0 aromatic heterocycles. The first-order chi connectivity index (χ1) is 17.3. The third-order valence-corrected chi connectivity index (χ3v) is 5.65. The number of anilines is 3. The van der Waals surface area contributed by atoms with Gasteiger partial charge in [-0.2, -0.15) is 0 Å². The first-order valence-corrected chi connectivity index (χ1v) is 11.6. The highest BCUT2D eigenvalue weighted by Crippen LogP contribution is 2.25. The van der Waals surface area contributed by atoms with Crippen molar-refractivity contribution < 1.29 is 14.4 Å². The van der Waals surface area contributed by atoms with Crippen LogP contribution < -0.4 is 16.0 Å². The molecule has 3 N–H and O–H groups in total. The highest BCUT2D eigenvalue weighted by atomic mass is 16.2. The Hall–Kier alpha value is -4.71. The summed E-state index contributed by atoms with van der Waals surface area (Å²) >= 11 is 0. The fraction of sp³-hybridized carbons (Fsp3) is 0.100. The average Bonchev–Trinajstić information content (AvgIpc) is 2.85. The van der Waals surface area contributed by atoms with Crippen molar-refractivity contribution in [1.82, 2.24) is 0 Å². The molecule has 0 spiro atoms. The quantitative estimate of drug-likeness (QED) is 0.302. The lowest BCUT2D eigenvalue weighted by molar-refractivity contribution is 0.101. The highest BCUT2D eigenvalue weighted by Gasteiger charge is 2.13. The number of rotatable bonds is 6. The molecule has 0 atom stereocenters. The Bertz CT molecular complexity index is 1220. The van der Waals surface area contributed by atoms with Crippen LogP contribution in [0.15, 0.2) is 91.0 Å². The van der Waals surface area contributed by atoms with Crippen LogP contribution in [0.2, 0.25) is 0 Å². The molecule has 0 heterocycles. The van der Waals surface area contributed by atoms with Gasteiger partial charge in [0, 0.05) is 33.8 Å². The molecule has 36 heavy (non-hydrogen) atoms. The second-order valence-corrected chi connectivity index (χ2v) is 8.76. The maximum Gasteiger partial charge on any atom is 0.255 e. The second-order valence-electron chi connectivity index (χ2n) is 8.76. The first kappa shape index (κ1) is 24.4. The Labute approximate surface area is 210 Å². The molecule has 0 saturated heterocycles. The molecule has 0 unspecified atom stereocenters. The maximum atomic E-state index is 12.8. The molecule has 4 aromatic rings. The number of aryl methyl sites for hydroxylation is 3. The van der Waals surface area contributed by atoms with Gasteiger partial charge in [-0.05, 0) is 75.4 Å². The fourth-order valence-electron chi connectivity index (χ4n) is 3.57. The Morgan fingerprint density at radius 3 is 0.861 bits per heavy atom. The van der Waals surface area contributed by atoms with Crippen LogP contribution in [0, 0.1) is 20.8 Å². The third-order valence-electron chi connectivity index (χ3n) is 5.65. The van der Waals surface area contributed by atoms with Gasteiger partial charge in [0.25, 0.3) is 17.7 Å². The lowest BCUT2D eigenvalue weighted by Gasteiger charge is -2.13. The zero-order valence-electron chi connectivity index (χ0n) is 20.4. The molecule has 0 aliphatic heterocycles. The molecule has 180 valence electrons. The zero-order valence-corrected chi connectivity index (χ0v) is 20.4. The smallest absolute Gasteiger partial charge is 0.255 e. The first-order valence-electron chi connectivity index (χ1n) is 11.6. The van der Waals surface area contributed by atoms with Crippen LogP contribution in [0.4, 0.5) is 17.1 Å². The van der Waals surface area contributed by atoms with Crippen LogP contribution in [-0.2, 0) is 0 Å². The number of hydrogen-bond donors (Lipinski definition) is 3. The third kappa shape index (κ3) is 6.24. The molecular formula is C30H27N3O3. The second kappa shape index (κ2) is 10.7. The van der Waals surface area contributed by atoms with Gasteiger partial charge in [-0.15, -0.1) is 0 Å². The maximum absolute atomic E-state index is 12.8. The van der Waals surface area contributed by atoms with E-state index < -0.39 is 0 Å². The number of carbonyl (C=O) groups excluding carboxylic acids is 3. The van der Waals surface area contributed by atoms with E-state index >= 15 is 0 Å². The van der Waals surface area contributed by atoms with E-state index in [-0.39, 0.29) is 17.7 Å².